The zero-order chi connectivity index (χ0) is 22.6. The van der Waals surface area contributed by atoms with E-state index in [1.807, 2.05) is 91.8 Å². The van der Waals surface area contributed by atoms with Crippen LogP contribution in [0.2, 0.25) is 0 Å². The number of benzene rings is 2. The third-order valence-electron chi connectivity index (χ3n) is 5.34. The molecule has 3 rings (SSSR count). The predicted octanol–water partition coefficient (Wildman–Crippen LogP) is 6.86. The monoisotopic (exact) mass is 429 g/mol. The average molecular weight is 430 g/mol. The van der Waals surface area contributed by atoms with Crippen molar-refractivity contribution in [2.24, 2.45) is 10.2 Å². The number of unbranched alkanes of at least 4 members (excludes halogenated alkanes) is 3. The lowest BCUT2D eigenvalue weighted by atomic mass is 10.1. The zero-order valence-electron chi connectivity index (χ0n) is 18.9. The van der Waals surface area contributed by atoms with Crippen molar-refractivity contribution in [1.82, 2.24) is 9.97 Å². The number of anilines is 3. The highest BCUT2D eigenvalue weighted by Gasteiger charge is 2.14. The van der Waals surface area contributed by atoms with Crippen LogP contribution in [0.1, 0.15) is 51.5 Å². The summed E-state index contributed by atoms with van der Waals surface area (Å²) in [4.78, 5) is 26.4. The fourth-order valence-corrected chi connectivity index (χ4v) is 3.45. The third-order valence-corrected chi connectivity index (χ3v) is 5.34. The van der Waals surface area contributed by atoms with Gasteiger partial charge in [-0.05, 0) is 51.0 Å². The topological polar surface area (TPSA) is 70.8 Å². The Morgan fingerprint density at radius 2 is 1.44 bits per heavy atom. The van der Waals surface area contributed by atoms with Crippen molar-refractivity contribution in [3.8, 4) is 0 Å². The molecule has 0 aliphatic carbocycles. The van der Waals surface area contributed by atoms with Crippen molar-refractivity contribution in [2.75, 3.05) is 11.4 Å². The minimum atomic E-state index is -0.0713. The van der Waals surface area contributed by atoms with E-state index in [4.69, 9.17) is 0 Å². The number of rotatable bonds is 12. The van der Waals surface area contributed by atoms with Crippen LogP contribution in [0.4, 0.5) is 17.3 Å². The fraction of sp³-hybridized carbons (Fsp3) is 0.346. The van der Waals surface area contributed by atoms with Crippen LogP contribution in [-0.4, -0.2) is 28.3 Å². The van der Waals surface area contributed by atoms with E-state index >= 15 is 0 Å². The molecule has 0 amide bonds. The Kier molecular flexibility index (Phi) is 9.05. The number of nitroso groups, excluding NO2 is 1. The minimum Gasteiger partial charge on any atom is -0.289 e. The van der Waals surface area contributed by atoms with E-state index < -0.39 is 0 Å². The summed E-state index contributed by atoms with van der Waals surface area (Å²) >= 11 is 0. The van der Waals surface area contributed by atoms with Gasteiger partial charge in [0.1, 0.15) is 0 Å². The molecule has 0 saturated carbocycles. The molecule has 2 aromatic carbocycles. The van der Waals surface area contributed by atoms with Gasteiger partial charge in [-0.2, -0.15) is 4.91 Å². The van der Waals surface area contributed by atoms with E-state index in [2.05, 4.69) is 20.1 Å². The number of para-hydroxylation sites is 2. The third kappa shape index (κ3) is 6.80. The summed E-state index contributed by atoms with van der Waals surface area (Å²) in [6, 6.07) is 20.2. The Morgan fingerprint density at radius 1 is 0.875 bits per heavy atom. The molecule has 6 heteroatoms. The first-order valence-corrected chi connectivity index (χ1v) is 11.2. The molecule has 32 heavy (non-hydrogen) atoms. The SMILES string of the molecule is CC(=NCCCCCCC(C)N=O)c1cnc(N(c2ccccc2)c2ccccc2)nc1. The summed E-state index contributed by atoms with van der Waals surface area (Å²) in [5, 5.41) is 3.04. The summed E-state index contributed by atoms with van der Waals surface area (Å²) in [6.45, 7) is 4.66. The Morgan fingerprint density at radius 3 is 2.00 bits per heavy atom. The molecule has 0 bridgehead atoms. The zero-order valence-corrected chi connectivity index (χ0v) is 18.9. The van der Waals surface area contributed by atoms with Crippen LogP contribution in [0.3, 0.4) is 0 Å². The number of aromatic nitrogens is 2. The molecule has 0 radical (unpaired) electrons. The summed E-state index contributed by atoms with van der Waals surface area (Å²) in [5.41, 5.74) is 3.90. The van der Waals surface area contributed by atoms with E-state index in [1.165, 1.54) is 0 Å². The van der Waals surface area contributed by atoms with Gasteiger partial charge in [-0.3, -0.25) is 9.89 Å². The first-order valence-electron chi connectivity index (χ1n) is 11.2. The van der Waals surface area contributed by atoms with Crippen LogP contribution >= 0.6 is 0 Å². The van der Waals surface area contributed by atoms with Crippen LogP contribution in [-0.2, 0) is 0 Å². The second-order valence-corrected chi connectivity index (χ2v) is 7.90. The van der Waals surface area contributed by atoms with Crippen LogP contribution in [0.15, 0.2) is 83.2 Å². The van der Waals surface area contributed by atoms with E-state index in [-0.39, 0.29) is 6.04 Å². The molecule has 6 nitrogen and oxygen atoms in total. The van der Waals surface area contributed by atoms with E-state index in [1.54, 1.807) is 0 Å². The van der Waals surface area contributed by atoms with Crippen molar-refractivity contribution in [1.29, 1.82) is 0 Å². The first kappa shape index (κ1) is 23.3. The number of nitrogens with zero attached hydrogens (tertiary/aromatic N) is 5. The van der Waals surface area contributed by atoms with Crippen molar-refractivity contribution in [3.63, 3.8) is 0 Å². The van der Waals surface area contributed by atoms with Crippen LogP contribution in [0.5, 0.6) is 0 Å². The lowest BCUT2D eigenvalue weighted by molar-refractivity contribution is 0.568. The summed E-state index contributed by atoms with van der Waals surface area (Å²) in [6.07, 6.45) is 8.86. The molecule has 166 valence electrons. The molecule has 1 unspecified atom stereocenters. The lowest BCUT2D eigenvalue weighted by Gasteiger charge is -2.22. The second-order valence-electron chi connectivity index (χ2n) is 7.90. The highest BCUT2D eigenvalue weighted by Crippen LogP contribution is 2.31. The maximum Gasteiger partial charge on any atom is 0.234 e. The van der Waals surface area contributed by atoms with Crippen molar-refractivity contribution in [2.45, 2.75) is 52.0 Å². The molecular formula is C26H31N5O. The molecule has 1 aromatic heterocycles. The molecule has 1 atom stereocenters. The Labute approximate surface area is 190 Å². The largest absolute Gasteiger partial charge is 0.289 e. The Hall–Kier alpha value is -3.41. The molecular weight excluding hydrogens is 398 g/mol. The quantitative estimate of drug-likeness (QED) is 0.179. The number of hydrogen-bond donors (Lipinski definition) is 0. The average Bonchev–Trinajstić information content (AvgIpc) is 2.85. The van der Waals surface area contributed by atoms with Gasteiger partial charge in [0, 0.05) is 41.6 Å². The van der Waals surface area contributed by atoms with Gasteiger partial charge in [-0.15, -0.1) is 0 Å². The van der Waals surface area contributed by atoms with Crippen molar-refractivity contribution >= 4 is 23.0 Å². The maximum atomic E-state index is 10.4. The normalized spacial score (nSPS) is 12.4. The highest BCUT2D eigenvalue weighted by molar-refractivity contribution is 5.98. The van der Waals surface area contributed by atoms with Crippen LogP contribution in [0, 0.1) is 4.91 Å². The van der Waals surface area contributed by atoms with Gasteiger partial charge >= 0.3 is 0 Å². The number of aliphatic imine (C=N–C) groups is 1. The molecule has 0 aliphatic rings. The van der Waals surface area contributed by atoms with Gasteiger partial charge < -0.3 is 0 Å². The van der Waals surface area contributed by atoms with Crippen molar-refractivity contribution in [3.05, 3.63) is 83.5 Å². The number of hydrogen-bond acceptors (Lipinski definition) is 6. The summed E-state index contributed by atoms with van der Waals surface area (Å²) in [7, 11) is 0. The molecule has 1 heterocycles. The van der Waals surface area contributed by atoms with Crippen LogP contribution in [0.25, 0.3) is 0 Å². The highest BCUT2D eigenvalue weighted by atomic mass is 16.3. The summed E-state index contributed by atoms with van der Waals surface area (Å²) in [5.74, 6) is 0.623. The van der Waals surface area contributed by atoms with Crippen LogP contribution < -0.4 is 4.90 Å². The molecule has 0 saturated heterocycles. The first-order chi connectivity index (χ1) is 15.7. The van der Waals surface area contributed by atoms with Gasteiger partial charge in [0.2, 0.25) is 5.95 Å². The lowest BCUT2D eigenvalue weighted by Crippen LogP contribution is -2.13. The van der Waals surface area contributed by atoms with Gasteiger partial charge in [0.05, 0.1) is 6.04 Å². The van der Waals surface area contributed by atoms with E-state index in [9.17, 15) is 4.91 Å². The molecule has 3 aromatic rings. The molecule has 0 N–H and O–H groups in total. The smallest absolute Gasteiger partial charge is 0.234 e. The van der Waals surface area contributed by atoms with Crippen molar-refractivity contribution < 1.29 is 0 Å². The molecule has 0 aliphatic heterocycles. The molecule has 0 spiro atoms. The molecule has 0 fully saturated rings. The predicted molar refractivity (Wildman–Crippen MR) is 132 cm³/mol. The van der Waals surface area contributed by atoms with Gasteiger partial charge in [0.25, 0.3) is 0 Å². The Balaban J connectivity index is 1.61. The standard InChI is InChI=1S/C26H31N5O/c1-21(30-32)13-7-3-4-12-18-27-22(2)23-19-28-26(29-20-23)31(24-14-8-5-9-15-24)25-16-10-6-11-17-25/h5-6,8-11,14-17,19-21H,3-4,7,12-13,18H2,1-2H3. The second kappa shape index (κ2) is 12.4. The van der Waals surface area contributed by atoms with E-state index in [0.29, 0.717) is 5.95 Å². The van der Waals surface area contributed by atoms with Gasteiger partial charge in [0.15, 0.2) is 0 Å². The van der Waals surface area contributed by atoms with Gasteiger partial charge in [-0.25, -0.2) is 9.97 Å². The fourth-order valence-electron chi connectivity index (χ4n) is 3.45. The minimum absolute atomic E-state index is 0.0713. The van der Waals surface area contributed by atoms with Gasteiger partial charge in [-0.1, -0.05) is 60.8 Å². The Bertz CT molecular complexity index is 935. The maximum absolute atomic E-state index is 10.4. The van der Waals surface area contributed by atoms with E-state index in [0.717, 1.165) is 61.3 Å². The summed E-state index contributed by atoms with van der Waals surface area (Å²) < 4.78 is 0.